The number of phosphoric acid groups is 1. The summed E-state index contributed by atoms with van der Waals surface area (Å²) in [5.41, 5.74) is 0. The number of carbonyl (C=O) groups is 1. The van der Waals surface area contributed by atoms with E-state index >= 15 is 0 Å². The molecule has 3 unspecified atom stereocenters. The number of aliphatic hydroxyl groups excluding tert-OH is 1. The molecule has 0 aromatic heterocycles. The number of unbranched alkanes of at least 4 members (excludes halogenated alkanes) is 15. The molecule has 0 aliphatic rings. The van der Waals surface area contributed by atoms with Crippen molar-refractivity contribution < 1.29 is 32.9 Å². The highest BCUT2D eigenvalue weighted by molar-refractivity contribution is 7.47. The molecular weight excluding hydrogens is 924 g/mol. The van der Waals surface area contributed by atoms with Crippen LogP contribution in [-0.2, 0) is 18.4 Å². The third-order valence-corrected chi connectivity index (χ3v) is 12.8. The minimum Gasteiger partial charge on any atom is -0.387 e. The highest BCUT2D eigenvalue weighted by Gasteiger charge is 2.27. The summed E-state index contributed by atoms with van der Waals surface area (Å²) in [6.45, 7) is 4.63. The van der Waals surface area contributed by atoms with Gasteiger partial charge in [0.25, 0.3) is 0 Å². The molecule has 3 N–H and O–H groups in total. The zero-order valence-corrected chi connectivity index (χ0v) is 48.0. The number of hydrogen-bond acceptors (Lipinski definition) is 5. The Labute approximate surface area is 449 Å². The van der Waals surface area contributed by atoms with Gasteiger partial charge in [-0.2, -0.15) is 0 Å². The second-order valence-corrected chi connectivity index (χ2v) is 21.4. The van der Waals surface area contributed by atoms with E-state index in [1.165, 1.54) is 77.0 Å². The maximum atomic E-state index is 13.0. The van der Waals surface area contributed by atoms with Crippen molar-refractivity contribution in [3.63, 3.8) is 0 Å². The number of allylic oxidation sites excluding steroid dienone is 23. The van der Waals surface area contributed by atoms with Crippen LogP contribution in [0.4, 0.5) is 0 Å². The predicted octanol–water partition coefficient (Wildman–Crippen LogP) is 17.7. The molecule has 73 heavy (non-hydrogen) atoms. The largest absolute Gasteiger partial charge is 0.472 e. The highest BCUT2D eigenvalue weighted by atomic mass is 31.2. The summed E-state index contributed by atoms with van der Waals surface area (Å²) in [6, 6.07) is -0.899. The Balaban J connectivity index is 4.39. The van der Waals surface area contributed by atoms with Crippen molar-refractivity contribution in [3.05, 3.63) is 146 Å². The molecule has 0 rings (SSSR count). The molecule has 9 heteroatoms. The minimum atomic E-state index is -4.38. The van der Waals surface area contributed by atoms with Crippen molar-refractivity contribution in [1.29, 1.82) is 0 Å². The number of likely N-dealkylation sites (N-methyl/N-ethyl adjacent to an activating group) is 1. The van der Waals surface area contributed by atoms with Crippen molar-refractivity contribution in [2.75, 3.05) is 40.9 Å². The molecule has 0 radical (unpaired) electrons. The van der Waals surface area contributed by atoms with Crippen LogP contribution in [0, 0.1) is 0 Å². The van der Waals surface area contributed by atoms with Crippen LogP contribution in [0.1, 0.15) is 200 Å². The predicted molar refractivity (Wildman–Crippen MR) is 317 cm³/mol. The smallest absolute Gasteiger partial charge is 0.387 e. The van der Waals surface area contributed by atoms with Gasteiger partial charge in [-0.1, -0.05) is 230 Å². The first-order valence-corrected chi connectivity index (χ1v) is 30.2. The van der Waals surface area contributed by atoms with Crippen molar-refractivity contribution >= 4 is 13.7 Å². The molecule has 0 spiro atoms. The van der Waals surface area contributed by atoms with Crippen LogP contribution in [0.15, 0.2) is 146 Å². The standard InChI is InChI=1S/C64H107N2O6P/c1-6-8-10-12-14-16-18-20-22-24-26-27-28-29-30-31-32-33-34-35-36-37-38-39-40-42-44-46-48-50-52-54-56-58-64(68)65-62(61-72-73(69,70)71-60-59-66(3,4)5)63(67)57-55-53-51-49-47-45-43-41-25-23-21-19-17-15-13-11-9-7-2/h8,10,14,16,20,22,26-27,29-30,32-33,35-36,38-39,42,44,47-50,55,57,62-63,67H,6-7,9,11-13,15,17-19,21,23-25,28,31,34,37,40-41,43,45-46,51-54,56,58-61H2,1-5H3,(H-,65,68,69,70)/p+1/b10-8-,16-14-,22-20-,27-26-,30-29-,33-32-,36-35-,39-38-,44-42-,49-47+,50-48-,57-55+. The Kier molecular flexibility index (Phi) is 50.6. The summed E-state index contributed by atoms with van der Waals surface area (Å²) in [5, 5.41) is 13.9. The Morgan fingerprint density at radius 1 is 0.479 bits per heavy atom. The lowest BCUT2D eigenvalue weighted by atomic mass is 10.0. The molecule has 8 nitrogen and oxygen atoms in total. The van der Waals surface area contributed by atoms with Gasteiger partial charge in [0, 0.05) is 6.42 Å². The molecule has 1 amide bonds. The van der Waals surface area contributed by atoms with Gasteiger partial charge in [-0.05, 0) is 109 Å². The maximum absolute atomic E-state index is 13.0. The summed E-state index contributed by atoms with van der Waals surface area (Å²) in [5.74, 6) is -0.235. The molecule has 0 fully saturated rings. The van der Waals surface area contributed by atoms with Crippen molar-refractivity contribution in [1.82, 2.24) is 5.32 Å². The topological polar surface area (TPSA) is 105 Å². The van der Waals surface area contributed by atoms with Crippen LogP contribution >= 0.6 is 7.82 Å². The summed E-state index contributed by atoms with van der Waals surface area (Å²) in [4.78, 5) is 23.3. The molecule has 3 atom stereocenters. The molecule has 0 aromatic carbocycles. The highest BCUT2D eigenvalue weighted by Crippen LogP contribution is 2.43. The quantitative estimate of drug-likeness (QED) is 0.0243. The molecule has 0 aromatic rings. The molecule has 0 heterocycles. The summed E-state index contributed by atoms with van der Waals surface area (Å²) >= 11 is 0. The number of amides is 1. The fourth-order valence-electron chi connectivity index (χ4n) is 7.32. The average Bonchev–Trinajstić information content (AvgIpc) is 3.35. The normalized spacial score (nSPS) is 15.0. The molecule has 0 aliphatic heterocycles. The van der Waals surface area contributed by atoms with E-state index in [1.54, 1.807) is 6.08 Å². The van der Waals surface area contributed by atoms with E-state index in [4.69, 9.17) is 9.05 Å². The van der Waals surface area contributed by atoms with E-state index in [0.29, 0.717) is 17.4 Å². The summed E-state index contributed by atoms with van der Waals surface area (Å²) in [6.07, 6.45) is 82.4. The molecule has 0 saturated heterocycles. The molecule has 0 saturated carbocycles. The molecule has 414 valence electrons. The number of phosphoric ester groups is 1. The number of nitrogens with one attached hydrogen (secondary N) is 1. The first-order chi connectivity index (χ1) is 35.5. The number of aliphatic hydroxyl groups is 1. The Hall–Kier alpha value is -3.62. The minimum absolute atomic E-state index is 0.0391. The molecule has 0 bridgehead atoms. The van der Waals surface area contributed by atoms with Crippen molar-refractivity contribution in [2.24, 2.45) is 0 Å². The molecular formula is C64H108N2O6P+. The number of carbonyl (C=O) groups excluding carboxylic acids is 1. The van der Waals surface area contributed by atoms with Gasteiger partial charge >= 0.3 is 7.82 Å². The van der Waals surface area contributed by atoms with Gasteiger partial charge in [-0.3, -0.25) is 13.8 Å². The second-order valence-electron chi connectivity index (χ2n) is 19.9. The lowest BCUT2D eigenvalue weighted by Crippen LogP contribution is -2.45. The average molecular weight is 1030 g/mol. The molecule has 0 aliphatic carbocycles. The van der Waals surface area contributed by atoms with Crippen molar-refractivity contribution in [2.45, 2.75) is 212 Å². The van der Waals surface area contributed by atoms with Crippen molar-refractivity contribution in [3.8, 4) is 0 Å². The Bertz CT molecular complexity index is 1690. The SMILES string of the molecule is CC/C=C\C/C=C\C/C=C\C/C=C\C/C=C\C/C=C\C/C=C\C/C=C\C/C=C\C/C=C\CCCCC(=O)NC(COP(=O)(O)OCC[N+](C)(C)C)C(O)/C=C/CC/C=C/CCCCCCCCCCCCCC. The third kappa shape index (κ3) is 56.0. The van der Waals surface area contributed by atoms with E-state index in [2.05, 4.69) is 153 Å². The monoisotopic (exact) mass is 1030 g/mol. The van der Waals surface area contributed by atoms with E-state index in [-0.39, 0.29) is 25.5 Å². The zero-order valence-electron chi connectivity index (χ0n) is 47.1. The van der Waals surface area contributed by atoms with E-state index in [1.807, 2.05) is 27.2 Å². The van der Waals surface area contributed by atoms with Gasteiger partial charge < -0.3 is 19.8 Å². The summed E-state index contributed by atoms with van der Waals surface area (Å²) < 4.78 is 23.6. The van der Waals surface area contributed by atoms with Crippen LogP contribution in [0.25, 0.3) is 0 Å². The van der Waals surface area contributed by atoms with Crippen LogP contribution in [-0.4, -0.2) is 73.4 Å². The first-order valence-electron chi connectivity index (χ1n) is 28.7. The summed E-state index contributed by atoms with van der Waals surface area (Å²) in [7, 11) is 1.50. The van der Waals surface area contributed by atoms with Crippen LogP contribution in [0.5, 0.6) is 0 Å². The van der Waals surface area contributed by atoms with Crippen LogP contribution in [0.3, 0.4) is 0 Å². The third-order valence-electron chi connectivity index (χ3n) is 11.8. The van der Waals surface area contributed by atoms with Gasteiger partial charge in [0.1, 0.15) is 13.2 Å². The number of nitrogens with zero attached hydrogens (tertiary/aromatic N) is 1. The van der Waals surface area contributed by atoms with Crippen LogP contribution in [0.2, 0.25) is 0 Å². The van der Waals surface area contributed by atoms with Gasteiger partial charge in [-0.25, -0.2) is 4.57 Å². The van der Waals surface area contributed by atoms with Crippen LogP contribution < -0.4 is 5.32 Å². The Morgan fingerprint density at radius 2 is 0.836 bits per heavy atom. The maximum Gasteiger partial charge on any atom is 0.472 e. The van der Waals surface area contributed by atoms with Gasteiger partial charge in [0.2, 0.25) is 5.91 Å². The fourth-order valence-corrected chi connectivity index (χ4v) is 8.05. The van der Waals surface area contributed by atoms with Gasteiger partial charge in [0.15, 0.2) is 0 Å². The fraction of sp³-hybridized carbons (Fsp3) is 0.609. The first kappa shape index (κ1) is 69.4. The lowest BCUT2D eigenvalue weighted by Gasteiger charge is -2.25. The van der Waals surface area contributed by atoms with Gasteiger partial charge in [0.05, 0.1) is 39.9 Å². The number of quaternary nitrogens is 1. The number of hydrogen-bond donors (Lipinski definition) is 3. The second kappa shape index (κ2) is 53.2. The number of rotatable bonds is 50. The zero-order chi connectivity index (χ0) is 53.5. The lowest BCUT2D eigenvalue weighted by molar-refractivity contribution is -0.870. The van der Waals surface area contributed by atoms with E-state index in [0.717, 1.165) is 96.3 Å². The van der Waals surface area contributed by atoms with Gasteiger partial charge in [-0.15, -0.1) is 0 Å². The van der Waals surface area contributed by atoms with E-state index < -0.39 is 20.0 Å². The Morgan fingerprint density at radius 3 is 1.26 bits per heavy atom. The van der Waals surface area contributed by atoms with E-state index in [9.17, 15) is 19.4 Å².